The van der Waals surface area contributed by atoms with Gasteiger partial charge >= 0.3 is 12.0 Å². The third-order valence-corrected chi connectivity index (χ3v) is 2.42. The molecule has 1 rings (SSSR count). The van der Waals surface area contributed by atoms with Crippen LogP contribution >= 0.6 is 0 Å². The Morgan fingerprint density at radius 2 is 2.13 bits per heavy atom. The highest BCUT2D eigenvalue weighted by atomic mass is 16.4. The quantitative estimate of drug-likeness (QED) is 0.718. The molecule has 0 bridgehead atoms. The molecule has 0 aliphatic heterocycles. The van der Waals surface area contributed by atoms with E-state index in [4.69, 9.17) is 5.11 Å². The molecular formula is C10H18N2O3. The van der Waals surface area contributed by atoms with E-state index in [-0.39, 0.29) is 6.03 Å². The van der Waals surface area contributed by atoms with E-state index < -0.39 is 12.0 Å². The van der Waals surface area contributed by atoms with E-state index >= 15 is 0 Å². The molecule has 0 aromatic rings. The molecule has 2 amide bonds. The minimum absolute atomic E-state index is 0.255. The first-order chi connectivity index (χ1) is 7.06. The molecule has 0 aromatic heterocycles. The number of rotatable bonds is 5. The van der Waals surface area contributed by atoms with Gasteiger partial charge < -0.3 is 15.3 Å². The van der Waals surface area contributed by atoms with Gasteiger partial charge in [0.1, 0.15) is 6.04 Å². The second kappa shape index (κ2) is 5.00. The van der Waals surface area contributed by atoms with Crippen LogP contribution in [0.1, 0.15) is 33.1 Å². The van der Waals surface area contributed by atoms with E-state index in [1.807, 2.05) is 6.92 Å². The Kier molecular flexibility index (Phi) is 3.94. The van der Waals surface area contributed by atoms with Crippen LogP contribution in [0.5, 0.6) is 0 Å². The van der Waals surface area contributed by atoms with Gasteiger partial charge in [-0.3, -0.25) is 4.79 Å². The summed E-state index contributed by atoms with van der Waals surface area (Å²) in [5.74, 6) is -1.00. The summed E-state index contributed by atoms with van der Waals surface area (Å²) in [6.07, 6.45) is 2.97. The summed E-state index contributed by atoms with van der Waals surface area (Å²) in [5.41, 5.74) is 0. The lowest BCUT2D eigenvalue weighted by Crippen LogP contribution is -2.47. The molecule has 1 saturated carbocycles. The summed E-state index contributed by atoms with van der Waals surface area (Å²) in [6.45, 7) is 4.17. The summed E-state index contributed by atoms with van der Waals surface area (Å²) < 4.78 is 0. The van der Waals surface area contributed by atoms with E-state index in [1.165, 1.54) is 6.92 Å². The summed E-state index contributed by atoms with van der Waals surface area (Å²) in [4.78, 5) is 24.0. The van der Waals surface area contributed by atoms with E-state index in [0.717, 1.165) is 19.3 Å². The fourth-order valence-electron chi connectivity index (χ4n) is 1.41. The molecule has 1 fully saturated rings. The van der Waals surface area contributed by atoms with Crippen LogP contribution in [-0.2, 0) is 4.79 Å². The largest absolute Gasteiger partial charge is 0.480 e. The number of nitrogens with zero attached hydrogens (tertiary/aromatic N) is 1. The molecule has 0 spiro atoms. The Morgan fingerprint density at radius 3 is 2.53 bits per heavy atom. The topological polar surface area (TPSA) is 69.6 Å². The number of carbonyl (C=O) groups is 2. The predicted molar refractivity (Wildman–Crippen MR) is 55.6 cm³/mol. The van der Waals surface area contributed by atoms with Crippen molar-refractivity contribution in [3.8, 4) is 0 Å². The minimum atomic E-state index is -1.00. The molecule has 0 aromatic carbocycles. The number of carbonyl (C=O) groups excluding carboxylic acids is 1. The minimum Gasteiger partial charge on any atom is -0.480 e. The number of hydrogen-bond acceptors (Lipinski definition) is 2. The predicted octanol–water partition coefficient (Wildman–Crippen LogP) is 1.04. The number of hydrogen-bond donors (Lipinski definition) is 2. The molecule has 1 aliphatic rings. The molecule has 0 unspecified atom stereocenters. The van der Waals surface area contributed by atoms with Gasteiger partial charge in [0.15, 0.2) is 0 Å². The van der Waals surface area contributed by atoms with Crippen molar-refractivity contribution in [2.24, 2.45) is 0 Å². The van der Waals surface area contributed by atoms with Gasteiger partial charge in [0.25, 0.3) is 0 Å². The van der Waals surface area contributed by atoms with Crippen LogP contribution in [0.2, 0.25) is 0 Å². The highest BCUT2D eigenvalue weighted by Crippen LogP contribution is 2.26. The fourth-order valence-corrected chi connectivity index (χ4v) is 1.41. The molecule has 86 valence electrons. The van der Waals surface area contributed by atoms with Crippen molar-refractivity contribution in [2.45, 2.75) is 45.2 Å². The van der Waals surface area contributed by atoms with Crippen molar-refractivity contribution in [1.82, 2.24) is 10.2 Å². The Morgan fingerprint density at radius 1 is 1.53 bits per heavy atom. The number of nitrogens with one attached hydrogen (secondary N) is 1. The lowest BCUT2D eigenvalue weighted by molar-refractivity contribution is -0.138. The smallest absolute Gasteiger partial charge is 0.325 e. The van der Waals surface area contributed by atoms with Crippen LogP contribution in [0.15, 0.2) is 0 Å². The van der Waals surface area contributed by atoms with Crippen LogP contribution in [-0.4, -0.2) is 40.6 Å². The summed E-state index contributed by atoms with van der Waals surface area (Å²) >= 11 is 0. The van der Waals surface area contributed by atoms with Crippen molar-refractivity contribution < 1.29 is 14.7 Å². The second-order valence-electron chi connectivity index (χ2n) is 3.93. The highest BCUT2D eigenvalue weighted by Gasteiger charge is 2.32. The molecule has 0 radical (unpaired) electrons. The van der Waals surface area contributed by atoms with E-state index in [9.17, 15) is 9.59 Å². The molecule has 1 aliphatic carbocycles. The Hall–Kier alpha value is -1.26. The molecule has 5 heteroatoms. The maximum atomic E-state index is 11.7. The number of carboxylic acid groups (broad SMARTS) is 1. The Bertz CT molecular complexity index is 251. The zero-order valence-electron chi connectivity index (χ0n) is 9.19. The van der Waals surface area contributed by atoms with Crippen LogP contribution in [0.4, 0.5) is 4.79 Å². The Labute approximate surface area is 89.4 Å². The molecule has 0 heterocycles. The first-order valence-corrected chi connectivity index (χ1v) is 5.36. The molecule has 1 atom stereocenters. The number of carboxylic acids is 1. The van der Waals surface area contributed by atoms with Crippen molar-refractivity contribution in [3.05, 3.63) is 0 Å². The van der Waals surface area contributed by atoms with Gasteiger partial charge in [0.05, 0.1) is 0 Å². The first-order valence-electron chi connectivity index (χ1n) is 5.36. The van der Waals surface area contributed by atoms with Crippen molar-refractivity contribution in [1.29, 1.82) is 0 Å². The lowest BCUT2D eigenvalue weighted by atomic mass is 10.3. The summed E-state index contributed by atoms with van der Waals surface area (Å²) in [5, 5.41) is 11.1. The standard InChI is InChI=1S/C10H18N2O3/c1-3-6-12(8-4-5-8)10(15)11-7(2)9(13)14/h7-8H,3-6H2,1-2H3,(H,11,15)(H,13,14)/t7-/m0/s1. The van der Waals surface area contributed by atoms with Crippen LogP contribution in [0.25, 0.3) is 0 Å². The van der Waals surface area contributed by atoms with Gasteiger partial charge in [0, 0.05) is 12.6 Å². The van der Waals surface area contributed by atoms with E-state index in [0.29, 0.717) is 12.6 Å². The Balaban J connectivity index is 2.45. The molecule has 5 nitrogen and oxygen atoms in total. The van der Waals surface area contributed by atoms with Gasteiger partial charge in [-0.15, -0.1) is 0 Å². The van der Waals surface area contributed by atoms with Gasteiger partial charge in [-0.05, 0) is 26.2 Å². The molecular weight excluding hydrogens is 196 g/mol. The molecule has 0 saturated heterocycles. The number of amides is 2. The van der Waals surface area contributed by atoms with Crippen LogP contribution in [0, 0.1) is 0 Å². The van der Waals surface area contributed by atoms with Gasteiger partial charge in [0.2, 0.25) is 0 Å². The van der Waals surface area contributed by atoms with Gasteiger partial charge in [-0.25, -0.2) is 4.79 Å². The van der Waals surface area contributed by atoms with Crippen molar-refractivity contribution in [3.63, 3.8) is 0 Å². The molecule has 2 N–H and O–H groups in total. The average Bonchev–Trinajstić information content (AvgIpc) is 2.97. The lowest BCUT2D eigenvalue weighted by Gasteiger charge is -2.23. The maximum absolute atomic E-state index is 11.7. The monoisotopic (exact) mass is 214 g/mol. The SMILES string of the molecule is CCCN(C(=O)N[C@@H](C)C(=O)O)C1CC1. The van der Waals surface area contributed by atoms with Crippen molar-refractivity contribution >= 4 is 12.0 Å². The second-order valence-corrected chi connectivity index (χ2v) is 3.93. The molecule has 15 heavy (non-hydrogen) atoms. The summed E-state index contributed by atoms with van der Waals surface area (Å²) in [7, 11) is 0. The average molecular weight is 214 g/mol. The highest BCUT2D eigenvalue weighted by molar-refractivity contribution is 5.82. The van der Waals surface area contributed by atoms with E-state index in [1.54, 1.807) is 4.90 Å². The third kappa shape index (κ3) is 3.42. The third-order valence-electron chi connectivity index (χ3n) is 2.42. The number of urea groups is 1. The summed E-state index contributed by atoms with van der Waals surface area (Å²) in [6, 6.07) is -0.754. The van der Waals surface area contributed by atoms with Crippen LogP contribution in [0.3, 0.4) is 0 Å². The zero-order chi connectivity index (χ0) is 11.4. The van der Waals surface area contributed by atoms with Crippen LogP contribution < -0.4 is 5.32 Å². The zero-order valence-corrected chi connectivity index (χ0v) is 9.19. The van der Waals surface area contributed by atoms with Crippen molar-refractivity contribution in [2.75, 3.05) is 6.54 Å². The van der Waals surface area contributed by atoms with Gasteiger partial charge in [-0.1, -0.05) is 6.92 Å². The normalized spacial score (nSPS) is 16.9. The first kappa shape index (κ1) is 11.8. The fraction of sp³-hybridized carbons (Fsp3) is 0.800. The maximum Gasteiger partial charge on any atom is 0.325 e. The van der Waals surface area contributed by atoms with Gasteiger partial charge in [-0.2, -0.15) is 0 Å². The van der Waals surface area contributed by atoms with E-state index in [2.05, 4.69) is 5.32 Å². The number of aliphatic carboxylic acids is 1.